The van der Waals surface area contributed by atoms with Gasteiger partial charge < -0.3 is 15.3 Å². The first-order valence-corrected chi connectivity index (χ1v) is 6.52. The number of carboxylic acid groups (broad SMARTS) is 3. The number of fused-ring (bicyclic) bond motifs is 1. The summed E-state index contributed by atoms with van der Waals surface area (Å²) in [7, 11) is 0. The number of carboxylic acids is 3. The molecule has 0 aromatic heterocycles. The van der Waals surface area contributed by atoms with E-state index in [0.29, 0.717) is 11.4 Å². The predicted octanol–water partition coefficient (Wildman–Crippen LogP) is -1.24. The summed E-state index contributed by atoms with van der Waals surface area (Å²) in [6.07, 6.45) is -1.55. The highest BCUT2D eigenvalue weighted by molar-refractivity contribution is 6.14. The maximum Gasteiger partial charge on any atom is 0.328 e. The molecule has 2 heterocycles. The van der Waals surface area contributed by atoms with Crippen LogP contribution < -0.4 is 0 Å². The fourth-order valence-corrected chi connectivity index (χ4v) is 2.95. The molecule has 2 amide bonds. The van der Waals surface area contributed by atoms with Crippen molar-refractivity contribution in [2.24, 2.45) is 5.41 Å². The number of hydrogen-bond donors (Lipinski definition) is 3. The Labute approximate surface area is 123 Å². The molecular weight excluding hydrogens is 300 g/mol. The molecule has 1 atom stereocenters. The van der Waals surface area contributed by atoms with E-state index < -0.39 is 54.0 Å². The molecule has 2 rings (SSSR count). The smallest absolute Gasteiger partial charge is 0.328 e. The maximum atomic E-state index is 12.5. The van der Waals surface area contributed by atoms with Gasteiger partial charge in [0.1, 0.15) is 0 Å². The van der Waals surface area contributed by atoms with E-state index in [1.54, 1.807) is 0 Å². The van der Waals surface area contributed by atoms with Crippen LogP contribution in [0.2, 0.25) is 0 Å². The Balaban J connectivity index is 2.49. The van der Waals surface area contributed by atoms with E-state index >= 15 is 0 Å². The van der Waals surface area contributed by atoms with Crippen LogP contribution in [0, 0.1) is 5.41 Å². The molecule has 10 heteroatoms. The third-order valence-electron chi connectivity index (χ3n) is 3.86. The first-order chi connectivity index (χ1) is 10.2. The molecule has 2 aliphatic heterocycles. The number of hydrazine groups is 1. The number of carbonyl (C=O) groups is 5. The zero-order valence-corrected chi connectivity index (χ0v) is 11.4. The van der Waals surface area contributed by atoms with Gasteiger partial charge in [-0.1, -0.05) is 0 Å². The Morgan fingerprint density at radius 3 is 2.05 bits per heavy atom. The molecular formula is C12H14N2O8. The molecule has 0 aromatic carbocycles. The fourth-order valence-electron chi connectivity index (χ4n) is 2.95. The minimum absolute atomic E-state index is 0.0509. The Hall–Kier alpha value is -2.65. The summed E-state index contributed by atoms with van der Waals surface area (Å²) in [5.41, 5.74) is -2.28. The van der Waals surface area contributed by atoms with Crippen LogP contribution in [0.1, 0.15) is 25.7 Å². The lowest BCUT2D eigenvalue weighted by molar-refractivity contribution is -0.169. The van der Waals surface area contributed by atoms with Crippen LogP contribution in [0.4, 0.5) is 0 Å². The molecule has 120 valence electrons. The maximum absolute atomic E-state index is 12.5. The van der Waals surface area contributed by atoms with Gasteiger partial charge >= 0.3 is 17.9 Å². The third-order valence-corrected chi connectivity index (χ3v) is 3.86. The molecule has 0 aliphatic carbocycles. The second-order valence-corrected chi connectivity index (χ2v) is 5.30. The van der Waals surface area contributed by atoms with Crippen LogP contribution >= 0.6 is 0 Å². The number of hydrogen-bond acceptors (Lipinski definition) is 5. The lowest BCUT2D eigenvalue weighted by Gasteiger charge is -2.36. The zero-order valence-electron chi connectivity index (χ0n) is 11.4. The average Bonchev–Trinajstić information content (AvgIpc) is 2.60. The van der Waals surface area contributed by atoms with E-state index in [-0.39, 0.29) is 13.0 Å². The first-order valence-electron chi connectivity index (χ1n) is 6.52. The number of carbonyl (C=O) groups excluding carboxylic acids is 2. The summed E-state index contributed by atoms with van der Waals surface area (Å²) in [4.78, 5) is 58.2. The quantitative estimate of drug-likeness (QED) is 0.532. The summed E-state index contributed by atoms with van der Waals surface area (Å²) in [6.45, 7) is 0.0509. The summed E-state index contributed by atoms with van der Waals surface area (Å²) in [5, 5.41) is 28.6. The largest absolute Gasteiger partial charge is 0.481 e. The molecule has 3 N–H and O–H groups in total. The highest BCUT2D eigenvalue weighted by Crippen LogP contribution is 2.41. The van der Waals surface area contributed by atoms with E-state index in [2.05, 4.69) is 0 Å². The average molecular weight is 314 g/mol. The van der Waals surface area contributed by atoms with Crippen molar-refractivity contribution >= 4 is 29.7 Å². The minimum Gasteiger partial charge on any atom is -0.481 e. The van der Waals surface area contributed by atoms with Gasteiger partial charge in [-0.25, -0.2) is 14.8 Å². The topological polar surface area (TPSA) is 153 Å². The van der Waals surface area contributed by atoms with E-state index in [1.165, 1.54) is 0 Å². The molecule has 0 radical (unpaired) electrons. The number of amides is 2. The van der Waals surface area contributed by atoms with Crippen molar-refractivity contribution in [2.45, 2.75) is 31.7 Å². The monoisotopic (exact) mass is 314 g/mol. The van der Waals surface area contributed by atoms with Gasteiger partial charge in [0, 0.05) is 6.54 Å². The molecule has 10 nitrogen and oxygen atoms in total. The number of rotatable bonds is 5. The fraction of sp³-hybridized carbons (Fsp3) is 0.583. The molecule has 0 bridgehead atoms. The van der Waals surface area contributed by atoms with E-state index in [9.17, 15) is 24.0 Å². The van der Waals surface area contributed by atoms with Gasteiger partial charge in [-0.2, -0.15) is 0 Å². The summed E-state index contributed by atoms with van der Waals surface area (Å²) in [5.74, 6) is -6.37. The molecule has 0 spiro atoms. The van der Waals surface area contributed by atoms with Crippen LogP contribution in [0.15, 0.2) is 0 Å². The lowest BCUT2D eigenvalue weighted by Crippen LogP contribution is -2.54. The Morgan fingerprint density at radius 2 is 1.59 bits per heavy atom. The van der Waals surface area contributed by atoms with Crippen LogP contribution in [0.5, 0.6) is 0 Å². The second kappa shape index (κ2) is 5.28. The van der Waals surface area contributed by atoms with Gasteiger partial charge in [-0.05, 0) is 12.8 Å². The third kappa shape index (κ3) is 2.26. The Bertz CT molecular complexity index is 555. The van der Waals surface area contributed by atoms with Gasteiger partial charge in [0.2, 0.25) is 0 Å². The van der Waals surface area contributed by atoms with Crippen molar-refractivity contribution in [2.75, 3.05) is 6.54 Å². The summed E-state index contributed by atoms with van der Waals surface area (Å²) >= 11 is 0. The molecule has 2 fully saturated rings. The van der Waals surface area contributed by atoms with Gasteiger partial charge in [-0.15, -0.1) is 0 Å². The van der Waals surface area contributed by atoms with E-state index in [0.717, 1.165) is 5.01 Å². The van der Waals surface area contributed by atoms with Crippen LogP contribution in [-0.4, -0.2) is 67.6 Å². The predicted molar refractivity (Wildman–Crippen MR) is 66.2 cm³/mol. The Morgan fingerprint density at radius 1 is 1.05 bits per heavy atom. The highest BCUT2D eigenvalue weighted by Gasteiger charge is 2.63. The molecule has 0 saturated carbocycles. The van der Waals surface area contributed by atoms with Crippen molar-refractivity contribution in [3.05, 3.63) is 0 Å². The SMILES string of the molecule is O=C(O)CC1(CC(=O)O)C(=O)N2CCCC(C(=O)O)N2C1=O. The highest BCUT2D eigenvalue weighted by atomic mass is 16.4. The molecule has 1 unspecified atom stereocenters. The van der Waals surface area contributed by atoms with Crippen molar-refractivity contribution in [1.29, 1.82) is 0 Å². The number of aliphatic carboxylic acids is 3. The summed E-state index contributed by atoms with van der Waals surface area (Å²) < 4.78 is 0. The number of nitrogens with zero attached hydrogens (tertiary/aromatic N) is 2. The molecule has 0 aromatic rings. The lowest BCUT2D eigenvalue weighted by atomic mass is 9.80. The zero-order chi connectivity index (χ0) is 16.7. The van der Waals surface area contributed by atoms with E-state index in [1.807, 2.05) is 0 Å². The van der Waals surface area contributed by atoms with Crippen LogP contribution in [0.3, 0.4) is 0 Å². The van der Waals surface area contributed by atoms with Crippen molar-refractivity contribution in [3.8, 4) is 0 Å². The Kier molecular flexibility index (Phi) is 3.77. The van der Waals surface area contributed by atoms with Gasteiger partial charge in [0.15, 0.2) is 11.5 Å². The van der Waals surface area contributed by atoms with Gasteiger partial charge in [0.25, 0.3) is 11.8 Å². The minimum atomic E-state index is -2.28. The summed E-state index contributed by atoms with van der Waals surface area (Å²) in [6, 6.07) is -1.30. The van der Waals surface area contributed by atoms with Crippen molar-refractivity contribution < 1.29 is 39.3 Å². The first kappa shape index (κ1) is 15.7. The van der Waals surface area contributed by atoms with Crippen LogP contribution in [-0.2, 0) is 24.0 Å². The van der Waals surface area contributed by atoms with Gasteiger partial charge in [-0.3, -0.25) is 19.2 Å². The molecule has 2 saturated heterocycles. The normalized spacial score (nSPS) is 23.4. The standard InChI is InChI=1S/C12H14N2O8/c15-7(16)4-12(5-8(17)18)10(21)13-3-1-2-6(9(19)20)14(13)11(12)22/h6H,1-5H2,(H,15,16)(H,17,18)(H,19,20). The van der Waals surface area contributed by atoms with Gasteiger partial charge in [0.05, 0.1) is 12.8 Å². The van der Waals surface area contributed by atoms with E-state index in [4.69, 9.17) is 15.3 Å². The second-order valence-electron chi connectivity index (χ2n) is 5.30. The molecule has 22 heavy (non-hydrogen) atoms. The van der Waals surface area contributed by atoms with Crippen molar-refractivity contribution in [1.82, 2.24) is 10.0 Å². The molecule has 2 aliphatic rings. The van der Waals surface area contributed by atoms with Crippen LogP contribution in [0.25, 0.3) is 0 Å². The van der Waals surface area contributed by atoms with Crippen molar-refractivity contribution in [3.63, 3.8) is 0 Å².